The number of nitrogens with zero attached hydrogens (tertiary/aromatic N) is 1. The number of benzene rings is 1. The number of carbonyl (C=O) groups excluding carboxylic acids is 1. The summed E-state index contributed by atoms with van der Waals surface area (Å²) < 4.78 is 11.1. The van der Waals surface area contributed by atoms with E-state index >= 15 is 0 Å². The lowest BCUT2D eigenvalue weighted by atomic mass is 9.99. The maximum atomic E-state index is 12.5. The molecule has 1 aromatic carbocycles. The third kappa shape index (κ3) is 3.34. The number of methoxy groups -OCH3 is 1. The van der Waals surface area contributed by atoms with Crippen molar-refractivity contribution in [3.05, 3.63) is 59.1 Å². The maximum Gasteiger partial charge on any atom is 0.246 e. The molecule has 1 amide bonds. The average molecular weight is 337 g/mol. The lowest BCUT2D eigenvalue weighted by Gasteiger charge is -2.28. The van der Waals surface area contributed by atoms with Crippen molar-refractivity contribution < 1.29 is 13.9 Å². The highest BCUT2D eigenvalue weighted by Gasteiger charge is 2.36. The zero-order valence-corrected chi connectivity index (χ0v) is 14.7. The molecule has 25 heavy (non-hydrogen) atoms. The van der Waals surface area contributed by atoms with Crippen molar-refractivity contribution in [3.63, 3.8) is 0 Å². The summed E-state index contributed by atoms with van der Waals surface area (Å²) in [5.41, 5.74) is 2.46. The molecule has 4 nitrogen and oxygen atoms in total. The predicted octanol–water partition coefficient (Wildman–Crippen LogP) is 4.01. The molecule has 130 valence electrons. The van der Waals surface area contributed by atoms with Gasteiger partial charge in [0.25, 0.3) is 0 Å². The SMILES string of the molecule is COc1ccc2c(c1)CN(C(=O)/C=C/c1ccc(C3CC3C)o1)CC2. The average Bonchev–Trinajstić information content (AvgIpc) is 3.18. The first-order chi connectivity index (χ1) is 12.1. The van der Waals surface area contributed by atoms with Gasteiger partial charge >= 0.3 is 0 Å². The number of hydrogen-bond donors (Lipinski definition) is 0. The molecule has 0 spiro atoms. The Morgan fingerprint density at radius 1 is 1.28 bits per heavy atom. The number of ether oxygens (including phenoxy) is 1. The van der Waals surface area contributed by atoms with Crippen LogP contribution in [0.4, 0.5) is 0 Å². The van der Waals surface area contributed by atoms with Crippen LogP contribution in [0, 0.1) is 5.92 Å². The van der Waals surface area contributed by atoms with Gasteiger partial charge in [-0.2, -0.15) is 0 Å². The van der Waals surface area contributed by atoms with Gasteiger partial charge in [0.15, 0.2) is 0 Å². The molecule has 1 saturated carbocycles. The van der Waals surface area contributed by atoms with Crippen molar-refractivity contribution in [3.8, 4) is 5.75 Å². The first-order valence-electron chi connectivity index (χ1n) is 8.86. The summed E-state index contributed by atoms with van der Waals surface area (Å²) in [6.07, 6.45) is 5.47. The van der Waals surface area contributed by atoms with E-state index < -0.39 is 0 Å². The Bertz CT molecular complexity index is 820. The molecule has 2 heterocycles. The van der Waals surface area contributed by atoms with Gasteiger partial charge in [-0.1, -0.05) is 13.0 Å². The van der Waals surface area contributed by atoms with Crippen LogP contribution < -0.4 is 4.74 Å². The fourth-order valence-electron chi connectivity index (χ4n) is 3.48. The zero-order chi connectivity index (χ0) is 17.4. The Morgan fingerprint density at radius 3 is 2.88 bits per heavy atom. The van der Waals surface area contributed by atoms with E-state index in [0.717, 1.165) is 41.7 Å². The van der Waals surface area contributed by atoms with Crippen LogP contribution >= 0.6 is 0 Å². The summed E-state index contributed by atoms with van der Waals surface area (Å²) in [4.78, 5) is 14.4. The zero-order valence-electron chi connectivity index (χ0n) is 14.7. The van der Waals surface area contributed by atoms with Crippen molar-refractivity contribution in [2.45, 2.75) is 32.2 Å². The molecule has 4 heteroatoms. The predicted molar refractivity (Wildman–Crippen MR) is 96.4 cm³/mol. The second kappa shape index (κ2) is 6.43. The highest BCUT2D eigenvalue weighted by atomic mass is 16.5. The van der Waals surface area contributed by atoms with Crippen LogP contribution in [0.15, 0.2) is 40.8 Å². The molecular weight excluding hydrogens is 314 g/mol. The fraction of sp³-hybridized carbons (Fsp3) is 0.381. The number of fused-ring (bicyclic) bond motifs is 1. The summed E-state index contributed by atoms with van der Waals surface area (Å²) in [5.74, 6) is 3.92. The Balaban J connectivity index is 1.41. The summed E-state index contributed by atoms with van der Waals surface area (Å²) in [7, 11) is 1.66. The second-order valence-electron chi connectivity index (χ2n) is 7.04. The normalized spacial score (nSPS) is 22.1. The van der Waals surface area contributed by atoms with Crippen molar-refractivity contribution in [1.82, 2.24) is 4.90 Å². The molecule has 2 aliphatic rings. The fourth-order valence-corrected chi connectivity index (χ4v) is 3.48. The highest BCUT2D eigenvalue weighted by Crippen LogP contribution is 2.47. The summed E-state index contributed by atoms with van der Waals surface area (Å²) in [6.45, 7) is 3.60. The third-order valence-electron chi connectivity index (χ3n) is 5.25. The van der Waals surface area contributed by atoms with Gasteiger partial charge in [0.05, 0.1) is 7.11 Å². The van der Waals surface area contributed by atoms with E-state index in [4.69, 9.17) is 9.15 Å². The molecule has 2 unspecified atom stereocenters. The Morgan fingerprint density at radius 2 is 2.12 bits per heavy atom. The largest absolute Gasteiger partial charge is 0.497 e. The molecule has 4 rings (SSSR count). The van der Waals surface area contributed by atoms with Crippen LogP contribution in [0.1, 0.15) is 41.9 Å². The standard InChI is InChI=1S/C21H23NO3/c1-14-11-19(14)20-7-5-17(25-20)6-8-21(23)22-10-9-15-3-4-18(24-2)12-16(15)13-22/h3-8,12,14,19H,9-11,13H2,1-2H3/b8-6+. The summed E-state index contributed by atoms with van der Waals surface area (Å²) >= 11 is 0. The number of amides is 1. The van der Waals surface area contributed by atoms with Gasteiger partial charge in [-0.25, -0.2) is 0 Å². The minimum absolute atomic E-state index is 0.0196. The molecule has 1 aliphatic heterocycles. The number of hydrogen-bond acceptors (Lipinski definition) is 3. The molecule has 0 saturated heterocycles. The molecule has 0 radical (unpaired) electrons. The van der Waals surface area contributed by atoms with Crippen molar-refractivity contribution in [2.24, 2.45) is 5.92 Å². The molecule has 2 aromatic rings. The van der Waals surface area contributed by atoms with Gasteiger partial charge in [-0.05, 0) is 60.2 Å². The van der Waals surface area contributed by atoms with Crippen LogP contribution in [0.2, 0.25) is 0 Å². The van der Waals surface area contributed by atoms with Gasteiger partial charge in [0, 0.05) is 25.1 Å². The van der Waals surface area contributed by atoms with Crippen LogP contribution in [-0.4, -0.2) is 24.5 Å². The Labute approximate surface area is 148 Å². The molecule has 1 aromatic heterocycles. The van der Waals surface area contributed by atoms with Crippen LogP contribution in [0.5, 0.6) is 5.75 Å². The van der Waals surface area contributed by atoms with E-state index in [1.165, 1.54) is 12.0 Å². The van der Waals surface area contributed by atoms with E-state index in [-0.39, 0.29) is 5.91 Å². The highest BCUT2D eigenvalue weighted by molar-refractivity contribution is 5.91. The van der Waals surface area contributed by atoms with Crippen LogP contribution in [0.25, 0.3) is 6.08 Å². The second-order valence-corrected chi connectivity index (χ2v) is 7.04. The van der Waals surface area contributed by atoms with E-state index in [0.29, 0.717) is 12.5 Å². The minimum atomic E-state index is 0.0196. The molecule has 0 N–H and O–H groups in total. The van der Waals surface area contributed by atoms with Gasteiger partial charge in [-0.15, -0.1) is 0 Å². The first kappa shape index (κ1) is 16.0. The van der Waals surface area contributed by atoms with Gasteiger partial charge in [0.1, 0.15) is 17.3 Å². The van der Waals surface area contributed by atoms with Crippen molar-refractivity contribution >= 4 is 12.0 Å². The lowest BCUT2D eigenvalue weighted by molar-refractivity contribution is -0.126. The topological polar surface area (TPSA) is 42.7 Å². The Kier molecular flexibility index (Phi) is 4.12. The van der Waals surface area contributed by atoms with E-state index in [9.17, 15) is 4.79 Å². The molecule has 2 atom stereocenters. The number of rotatable bonds is 4. The quantitative estimate of drug-likeness (QED) is 0.792. The first-order valence-corrected chi connectivity index (χ1v) is 8.86. The smallest absolute Gasteiger partial charge is 0.246 e. The summed E-state index contributed by atoms with van der Waals surface area (Å²) in [5, 5.41) is 0. The monoisotopic (exact) mass is 337 g/mol. The molecular formula is C21H23NO3. The molecule has 1 fully saturated rings. The molecule has 1 aliphatic carbocycles. The lowest BCUT2D eigenvalue weighted by Crippen LogP contribution is -2.34. The summed E-state index contributed by atoms with van der Waals surface area (Å²) in [6, 6.07) is 10.1. The van der Waals surface area contributed by atoms with Crippen molar-refractivity contribution in [2.75, 3.05) is 13.7 Å². The molecule has 0 bridgehead atoms. The number of furan rings is 1. The van der Waals surface area contributed by atoms with E-state index in [1.54, 1.807) is 19.3 Å². The van der Waals surface area contributed by atoms with Crippen LogP contribution in [0.3, 0.4) is 0 Å². The minimum Gasteiger partial charge on any atom is -0.497 e. The third-order valence-corrected chi connectivity index (χ3v) is 5.25. The van der Waals surface area contributed by atoms with E-state index in [2.05, 4.69) is 13.0 Å². The van der Waals surface area contributed by atoms with Crippen molar-refractivity contribution in [1.29, 1.82) is 0 Å². The van der Waals surface area contributed by atoms with E-state index in [1.807, 2.05) is 29.2 Å². The van der Waals surface area contributed by atoms with Gasteiger partial charge in [0.2, 0.25) is 5.91 Å². The van der Waals surface area contributed by atoms with Gasteiger partial charge in [-0.3, -0.25) is 4.79 Å². The number of carbonyl (C=O) groups is 1. The maximum absolute atomic E-state index is 12.5. The van der Waals surface area contributed by atoms with Crippen LogP contribution in [-0.2, 0) is 17.8 Å². The van der Waals surface area contributed by atoms with Gasteiger partial charge < -0.3 is 14.1 Å². The Hall–Kier alpha value is -2.49.